The van der Waals surface area contributed by atoms with E-state index in [2.05, 4.69) is 16.6 Å². The van der Waals surface area contributed by atoms with Gasteiger partial charge >= 0.3 is 6.18 Å². The summed E-state index contributed by atoms with van der Waals surface area (Å²) in [5.41, 5.74) is 5.61. The van der Waals surface area contributed by atoms with Crippen LogP contribution in [0.4, 0.5) is 13.2 Å². The zero-order valence-electron chi connectivity index (χ0n) is 10.2. The number of alkyl halides is 3. The van der Waals surface area contributed by atoms with E-state index in [9.17, 15) is 13.2 Å². The van der Waals surface area contributed by atoms with Crippen molar-refractivity contribution in [3.63, 3.8) is 0 Å². The Labute approximate surface area is 100 Å². The molecule has 3 nitrogen and oxygen atoms in total. The molecule has 0 aromatic rings. The molecular weight excluding hydrogens is 233 g/mol. The lowest BCUT2D eigenvalue weighted by Gasteiger charge is -2.20. The van der Waals surface area contributed by atoms with Crippen molar-refractivity contribution in [2.75, 3.05) is 32.8 Å². The van der Waals surface area contributed by atoms with Crippen molar-refractivity contribution in [3.8, 4) is 0 Å². The quantitative estimate of drug-likeness (QED) is 0.732. The van der Waals surface area contributed by atoms with Gasteiger partial charge in [-0.15, -0.1) is 0 Å². The van der Waals surface area contributed by atoms with E-state index >= 15 is 0 Å². The molecule has 1 aliphatic heterocycles. The fraction of sp³-hybridized carbons (Fsp3) is 1.00. The minimum Gasteiger partial charge on any atom is -0.372 e. The molecular formula is C11H21F3N2O. The standard InChI is InChI=1S/C11H21F3N2O/c1-9-5-10(6-15)7-16(9)3-2-4-17-8-11(12,13)14/h9-10H,2-8,15H2,1H3. The van der Waals surface area contributed by atoms with Crippen molar-refractivity contribution in [1.82, 2.24) is 4.90 Å². The number of ether oxygens (including phenoxy) is 1. The molecule has 0 spiro atoms. The number of halogens is 3. The van der Waals surface area contributed by atoms with Gasteiger partial charge in [-0.2, -0.15) is 13.2 Å². The molecule has 1 aliphatic rings. The summed E-state index contributed by atoms with van der Waals surface area (Å²) in [6, 6.07) is 0.478. The van der Waals surface area contributed by atoms with Crippen LogP contribution in [0.2, 0.25) is 0 Å². The molecule has 1 fully saturated rings. The van der Waals surface area contributed by atoms with Gasteiger partial charge in [-0.05, 0) is 32.2 Å². The van der Waals surface area contributed by atoms with Crippen LogP contribution in [0, 0.1) is 5.92 Å². The highest BCUT2D eigenvalue weighted by molar-refractivity contribution is 4.82. The fourth-order valence-electron chi connectivity index (χ4n) is 2.26. The number of rotatable bonds is 6. The molecule has 2 unspecified atom stereocenters. The third-order valence-corrected chi connectivity index (χ3v) is 3.12. The molecule has 1 rings (SSSR count). The highest BCUT2D eigenvalue weighted by Crippen LogP contribution is 2.22. The predicted octanol–water partition coefficient (Wildman–Crippen LogP) is 1.62. The van der Waals surface area contributed by atoms with Crippen LogP contribution >= 0.6 is 0 Å². The van der Waals surface area contributed by atoms with Gasteiger partial charge in [-0.1, -0.05) is 0 Å². The van der Waals surface area contributed by atoms with Crippen LogP contribution in [0.15, 0.2) is 0 Å². The third-order valence-electron chi connectivity index (χ3n) is 3.12. The normalized spacial score (nSPS) is 26.6. The minimum atomic E-state index is -4.22. The van der Waals surface area contributed by atoms with E-state index in [1.165, 1.54) is 0 Å². The van der Waals surface area contributed by atoms with E-state index in [0.717, 1.165) is 19.5 Å². The molecule has 0 radical (unpaired) electrons. The van der Waals surface area contributed by atoms with Crippen LogP contribution < -0.4 is 5.73 Å². The Balaban J connectivity index is 2.07. The van der Waals surface area contributed by atoms with Gasteiger partial charge in [0.05, 0.1) is 0 Å². The van der Waals surface area contributed by atoms with Gasteiger partial charge in [0.25, 0.3) is 0 Å². The van der Waals surface area contributed by atoms with Crippen molar-refractivity contribution in [3.05, 3.63) is 0 Å². The van der Waals surface area contributed by atoms with Gasteiger partial charge in [0, 0.05) is 25.7 Å². The van der Waals surface area contributed by atoms with E-state index < -0.39 is 12.8 Å². The topological polar surface area (TPSA) is 38.5 Å². The summed E-state index contributed by atoms with van der Waals surface area (Å²) in [5, 5.41) is 0. The van der Waals surface area contributed by atoms with E-state index in [4.69, 9.17) is 5.73 Å². The second kappa shape index (κ2) is 6.56. The Morgan fingerprint density at radius 3 is 2.65 bits per heavy atom. The first-order valence-corrected chi connectivity index (χ1v) is 6.01. The number of nitrogens with two attached hydrogens (primary N) is 1. The summed E-state index contributed by atoms with van der Waals surface area (Å²) in [6.07, 6.45) is -2.50. The first kappa shape index (κ1) is 14.7. The van der Waals surface area contributed by atoms with Crippen molar-refractivity contribution in [2.24, 2.45) is 11.7 Å². The van der Waals surface area contributed by atoms with Gasteiger partial charge in [0.2, 0.25) is 0 Å². The molecule has 1 heterocycles. The van der Waals surface area contributed by atoms with Gasteiger partial charge in [-0.3, -0.25) is 0 Å². The molecule has 0 aromatic heterocycles. The van der Waals surface area contributed by atoms with Crippen LogP contribution in [-0.4, -0.2) is 50.0 Å². The van der Waals surface area contributed by atoms with Crippen LogP contribution in [0.1, 0.15) is 19.8 Å². The highest BCUT2D eigenvalue weighted by Gasteiger charge is 2.28. The molecule has 2 atom stereocenters. The Morgan fingerprint density at radius 1 is 1.41 bits per heavy atom. The lowest BCUT2D eigenvalue weighted by atomic mass is 10.1. The van der Waals surface area contributed by atoms with Crippen LogP contribution in [0.25, 0.3) is 0 Å². The average Bonchev–Trinajstić information content (AvgIpc) is 2.57. The van der Waals surface area contributed by atoms with Gasteiger partial charge in [0.1, 0.15) is 6.61 Å². The minimum absolute atomic E-state index is 0.163. The number of nitrogens with zero attached hydrogens (tertiary/aromatic N) is 1. The van der Waals surface area contributed by atoms with E-state index in [1.54, 1.807) is 0 Å². The molecule has 0 aliphatic carbocycles. The molecule has 0 saturated carbocycles. The summed E-state index contributed by atoms with van der Waals surface area (Å²) >= 11 is 0. The van der Waals surface area contributed by atoms with E-state index in [0.29, 0.717) is 24.9 Å². The molecule has 0 bridgehead atoms. The predicted molar refractivity (Wildman–Crippen MR) is 59.7 cm³/mol. The maximum Gasteiger partial charge on any atom is 0.411 e. The summed E-state index contributed by atoms with van der Waals surface area (Å²) in [4.78, 5) is 2.27. The van der Waals surface area contributed by atoms with E-state index in [1.807, 2.05) is 0 Å². The zero-order valence-corrected chi connectivity index (χ0v) is 10.2. The molecule has 1 saturated heterocycles. The largest absolute Gasteiger partial charge is 0.411 e. The molecule has 2 N–H and O–H groups in total. The van der Waals surface area contributed by atoms with Crippen LogP contribution in [-0.2, 0) is 4.74 Å². The maximum atomic E-state index is 11.8. The molecule has 0 amide bonds. The first-order chi connectivity index (χ1) is 7.92. The Hall–Kier alpha value is -0.330. The van der Waals surface area contributed by atoms with Crippen molar-refractivity contribution in [1.29, 1.82) is 0 Å². The van der Waals surface area contributed by atoms with Crippen molar-refractivity contribution in [2.45, 2.75) is 32.0 Å². The number of hydrogen-bond acceptors (Lipinski definition) is 3. The molecule has 102 valence electrons. The first-order valence-electron chi connectivity index (χ1n) is 6.01. The van der Waals surface area contributed by atoms with Gasteiger partial charge in [-0.25, -0.2) is 0 Å². The second-order valence-corrected chi connectivity index (χ2v) is 4.70. The lowest BCUT2D eigenvalue weighted by molar-refractivity contribution is -0.174. The van der Waals surface area contributed by atoms with Crippen LogP contribution in [0.5, 0.6) is 0 Å². The SMILES string of the molecule is CC1CC(CN)CN1CCCOCC(F)(F)F. The van der Waals surface area contributed by atoms with Crippen molar-refractivity contribution >= 4 is 0 Å². The third kappa shape index (κ3) is 5.70. The molecule has 6 heteroatoms. The zero-order chi connectivity index (χ0) is 12.9. The lowest BCUT2D eigenvalue weighted by Crippen LogP contribution is -2.30. The summed E-state index contributed by atoms with van der Waals surface area (Å²) in [5.74, 6) is 0.529. The fourth-order valence-corrected chi connectivity index (χ4v) is 2.26. The highest BCUT2D eigenvalue weighted by atomic mass is 19.4. The Kier molecular flexibility index (Phi) is 5.69. The molecule has 0 aromatic carbocycles. The monoisotopic (exact) mass is 254 g/mol. The average molecular weight is 254 g/mol. The smallest absolute Gasteiger partial charge is 0.372 e. The van der Waals surface area contributed by atoms with Crippen molar-refractivity contribution < 1.29 is 17.9 Å². The Bertz CT molecular complexity index is 223. The van der Waals surface area contributed by atoms with Gasteiger partial charge < -0.3 is 15.4 Å². The Morgan fingerprint density at radius 2 is 2.12 bits per heavy atom. The second-order valence-electron chi connectivity index (χ2n) is 4.70. The van der Waals surface area contributed by atoms with Crippen LogP contribution in [0.3, 0.4) is 0 Å². The summed E-state index contributed by atoms with van der Waals surface area (Å²) in [6.45, 7) is 3.58. The van der Waals surface area contributed by atoms with E-state index in [-0.39, 0.29) is 6.61 Å². The maximum absolute atomic E-state index is 11.8. The number of likely N-dealkylation sites (tertiary alicyclic amines) is 1. The number of hydrogen-bond donors (Lipinski definition) is 1. The summed E-state index contributed by atoms with van der Waals surface area (Å²) < 4.78 is 40.0. The molecule has 17 heavy (non-hydrogen) atoms. The van der Waals surface area contributed by atoms with Gasteiger partial charge in [0.15, 0.2) is 0 Å². The summed E-state index contributed by atoms with van der Waals surface area (Å²) in [7, 11) is 0.